The smallest absolute Gasteiger partial charge is 0.314 e. The van der Waals surface area contributed by atoms with Gasteiger partial charge in [0, 0.05) is 13.1 Å². The van der Waals surface area contributed by atoms with E-state index in [1.54, 1.807) is 6.26 Å². The second kappa shape index (κ2) is 7.36. The van der Waals surface area contributed by atoms with Crippen molar-refractivity contribution in [2.45, 2.75) is 50.2 Å². The highest BCUT2D eigenvalue weighted by molar-refractivity contribution is 5.74. The lowest BCUT2D eigenvalue weighted by molar-refractivity contribution is -0.0290. The molecule has 1 saturated heterocycles. The Balaban J connectivity index is 1.50. The molecule has 2 amide bonds. The number of hydrogen-bond donors (Lipinski definition) is 3. The molecule has 0 spiro atoms. The minimum Gasteiger partial charge on any atom is -0.468 e. The summed E-state index contributed by atoms with van der Waals surface area (Å²) in [6.45, 7) is 2.91. The van der Waals surface area contributed by atoms with Crippen LogP contribution in [-0.4, -0.2) is 47.8 Å². The molecule has 0 bridgehead atoms. The van der Waals surface area contributed by atoms with Crippen LogP contribution in [0.5, 0.6) is 0 Å². The van der Waals surface area contributed by atoms with E-state index in [-0.39, 0.29) is 12.1 Å². The summed E-state index contributed by atoms with van der Waals surface area (Å²) < 4.78 is 5.57. The Morgan fingerprint density at radius 1 is 1.26 bits per heavy atom. The van der Waals surface area contributed by atoms with Crippen molar-refractivity contribution < 1.29 is 14.3 Å². The molecule has 6 heteroatoms. The van der Waals surface area contributed by atoms with Crippen molar-refractivity contribution in [3.63, 3.8) is 0 Å². The molecule has 2 aliphatic rings. The maximum Gasteiger partial charge on any atom is 0.314 e. The van der Waals surface area contributed by atoms with Gasteiger partial charge in [0.05, 0.1) is 17.9 Å². The van der Waals surface area contributed by atoms with Crippen LogP contribution in [0, 0.1) is 0 Å². The van der Waals surface area contributed by atoms with E-state index < -0.39 is 5.60 Å². The first-order valence-electron chi connectivity index (χ1n) is 8.68. The highest BCUT2D eigenvalue weighted by Crippen LogP contribution is 2.30. The number of nitrogens with one attached hydrogen (secondary N) is 2. The SMILES string of the molecule is O=C(NC[C@@H](c1ccco1)N1CCCCC1)NCC1(O)CCC1. The molecule has 0 aromatic carbocycles. The molecule has 0 unspecified atom stereocenters. The molecule has 1 aromatic heterocycles. The number of piperidine rings is 1. The summed E-state index contributed by atoms with van der Waals surface area (Å²) in [6.07, 6.45) is 7.92. The summed E-state index contributed by atoms with van der Waals surface area (Å²) in [4.78, 5) is 14.4. The van der Waals surface area contributed by atoms with E-state index in [1.807, 2.05) is 12.1 Å². The van der Waals surface area contributed by atoms with Crippen LogP contribution in [0.1, 0.15) is 50.3 Å². The van der Waals surface area contributed by atoms with Crippen molar-refractivity contribution in [1.82, 2.24) is 15.5 Å². The summed E-state index contributed by atoms with van der Waals surface area (Å²) in [5.74, 6) is 0.893. The number of furan rings is 1. The molecule has 23 heavy (non-hydrogen) atoms. The molecule has 2 heterocycles. The van der Waals surface area contributed by atoms with Gasteiger partial charge in [0.15, 0.2) is 0 Å². The highest BCUT2D eigenvalue weighted by Gasteiger charge is 2.34. The number of rotatable bonds is 6. The lowest BCUT2D eigenvalue weighted by Crippen LogP contribution is -2.51. The largest absolute Gasteiger partial charge is 0.468 e. The molecule has 6 nitrogen and oxygen atoms in total. The van der Waals surface area contributed by atoms with Gasteiger partial charge in [0.2, 0.25) is 0 Å². The third-order valence-electron chi connectivity index (χ3n) is 5.02. The molecule has 1 aliphatic carbocycles. The number of carbonyl (C=O) groups is 1. The fourth-order valence-electron chi connectivity index (χ4n) is 3.38. The van der Waals surface area contributed by atoms with Crippen molar-refractivity contribution in [1.29, 1.82) is 0 Å². The van der Waals surface area contributed by atoms with Gasteiger partial charge in [-0.05, 0) is 57.3 Å². The number of nitrogens with zero attached hydrogens (tertiary/aromatic N) is 1. The number of urea groups is 1. The summed E-state index contributed by atoms with van der Waals surface area (Å²) in [6, 6.07) is 3.70. The van der Waals surface area contributed by atoms with E-state index >= 15 is 0 Å². The monoisotopic (exact) mass is 321 g/mol. The normalized spacial score (nSPS) is 22.1. The van der Waals surface area contributed by atoms with Crippen LogP contribution in [0.15, 0.2) is 22.8 Å². The topological polar surface area (TPSA) is 77.7 Å². The number of aliphatic hydroxyl groups is 1. The van der Waals surface area contributed by atoms with Gasteiger partial charge < -0.3 is 20.2 Å². The second-order valence-corrected chi connectivity index (χ2v) is 6.77. The van der Waals surface area contributed by atoms with Crippen LogP contribution < -0.4 is 10.6 Å². The van der Waals surface area contributed by atoms with E-state index in [9.17, 15) is 9.90 Å². The fourth-order valence-corrected chi connectivity index (χ4v) is 3.38. The fraction of sp³-hybridized carbons (Fsp3) is 0.706. The van der Waals surface area contributed by atoms with Crippen LogP contribution in [0.25, 0.3) is 0 Å². The Hall–Kier alpha value is -1.53. The van der Waals surface area contributed by atoms with E-state index in [1.165, 1.54) is 19.3 Å². The highest BCUT2D eigenvalue weighted by atomic mass is 16.3. The van der Waals surface area contributed by atoms with Crippen molar-refractivity contribution >= 4 is 6.03 Å². The second-order valence-electron chi connectivity index (χ2n) is 6.77. The summed E-state index contributed by atoms with van der Waals surface area (Å²) in [7, 11) is 0. The van der Waals surface area contributed by atoms with Crippen molar-refractivity contribution in [3.8, 4) is 0 Å². The number of amides is 2. The van der Waals surface area contributed by atoms with E-state index in [4.69, 9.17) is 4.42 Å². The average molecular weight is 321 g/mol. The van der Waals surface area contributed by atoms with E-state index in [0.717, 1.165) is 38.1 Å². The van der Waals surface area contributed by atoms with Crippen LogP contribution >= 0.6 is 0 Å². The average Bonchev–Trinajstić information content (AvgIpc) is 3.06. The Kier molecular flexibility index (Phi) is 5.23. The molecule has 0 radical (unpaired) electrons. The zero-order chi connectivity index (χ0) is 16.1. The van der Waals surface area contributed by atoms with Gasteiger partial charge in [0.25, 0.3) is 0 Å². The molecule has 3 N–H and O–H groups in total. The molecule has 1 saturated carbocycles. The quantitative estimate of drug-likeness (QED) is 0.749. The third-order valence-corrected chi connectivity index (χ3v) is 5.02. The Bertz CT molecular complexity index is 493. The van der Waals surface area contributed by atoms with Crippen molar-refractivity contribution in [2.24, 2.45) is 0 Å². The summed E-state index contributed by atoms with van der Waals surface area (Å²) in [5, 5.41) is 15.7. The van der Waals surface area contributed by atoms with Gasteiger partial charge in [0.1, 0.15) is 5.76 Å². The molecular formula is C17H27N3O3. The lowest BCUT2D eigenvalue weighted by atomic mass is 9.80. The summed E-state index contributed by atoms with van der Waals surface area (Å²) >= 11 is 0. The maximum absolute atomic E-state index is 12.0. The molecule has 1 aliphatic heterocycles. The summed E-state index contributed by atoms with van der Waals surface area (Å²) in [5.41, 5.74) is -0.690. The van der Waals surface area contributed by atoms with Gasteiger partial charge >= 0.3 is 6.03 Å². The van der Waals surface area contributed by atoms with Gasteiger partial charge in [-0.25, -0.2) is 4.79 Å². The van der Waals surface area contributed by atoms with Crippen molar-refractivity contribution in [3.05, 3.63) is 24.2 Å². The molecular weight excluding hydrogens is 294 g/mol. The molecule has 1 atom stereocenters. The minimum atomic E-state index is -0.690. The predicted molar refractivity (Wildman–Crippen MR) is 87.1 cm³/mol. The number of carbonyl (C=O) groups excluding carboxylic acids is 1. The molecule has 3 rings (SSSR count). The first-order valence-corrected chi connectivity index (χ1v) is 8.68. The van der Waals surface area contributed by atoms with Crippen molar-refractivity contribution in [2.75, 3.05) is 26.2 Å². The Morgan fingerprint density at radius 2 is 2.04 bits per heavy atom. The Morgan fingerprint density at radius 3 is 2.65 bits per heavy atom. The molecule has 2 fully saturated rings. The number of likely N-dealkylation sites (tertiary alicyclic amines) is 1. The van der Waals surface area contributed by atoms with E-state index in [2.05, 4.69) is 15.5 Å². The van der Waals surface area contributed by atoms with Crippen LogP contribution in [0.4, 0.5) is 4.79 Å². The van der Waals surface area contributed by atoms with Gasteiger partial charge in [-0.15, -0.1) is 0 Å². The first-order chi connectivity index (χ1) is 11.2. The van der Waals surface area contributed by atoms with Crippen LogP contribution in [0.2, 0.25) is 0 Å². The van der Waals surface area contributed by atoms with Crippen LogP contribution in [-0.2, 0) is 0 Å². The Labute approximate surface area is 137 Å². The van der Waals surface area contributed by atoms with E-state index in [0.29, 0.717) is 13.1 Å². The van der Waals surface area contributed by atoms with Crippen LogP contribution in [0.3, 0.4) is 0 Å². The zero-order valence-electron chi connectivity index (χ0n) is 13.6. The zero-order valence-corrected chi connectivity index (χ0v) is 13.6. The standard InChI is InChI=1S/C17H27N3O3/c21-16(19-13-17(22)7-5-8-17)18-12-14(15-6-4-11-23-15)20-9-2-1-3-10-20/h4,6,11,14,22H,1-3,5,7-10,12-13H2,(H2,18,19,21)/t14-/m0/s1. The molecule has 128 valence electrons. The van der Waals surface area contributed by atoms with Gasteiger partial charge in [-0.1, -0.05) is 6.42 Å². The van der Waals surface area contributed by atoms with Gasteiger partial charge in [-0.2, -0.15) is 0 Å². The lowest BCUT2D eigenvalue weighted by Gasteiger charge is -2.36. The third kappa shape index (κ3) is 4.26. The predicted octanol–water partition coefficient (Wildman–Crippen LogP) is 2.02. The number of hydrogen-bond acceptors (Lipinski definition) is 4. The maximum atomic E-state index is 12.0. The first kappa shape index (κ1) is 16.3. The molecule has 1 aromatic rings. The van der Waals surface area contributed by atoms with Gasteiger partial charge in [-0.3, -0.25) is 4.90 Å². The minimum absolute atomic E-state index is 0.0721.